The maximum Gasteiger partial charge on any atom is 0.307 e. The minimum atomic E-state index is -3.06. The highest BCUT2D eigenvalue weighted by Crippen LogP contribution is 2.33. The van der Waals surface area contributed by atoms with E-state index in [2.05, 4.69) is 0 Å². The predicted molar refractivity (Wildman–Crippen MR) is 74.5 cm³/mol. The van der Waals surface area contributed by atoms with E-state index in [0.717, 1.165) is 0 Å². The van der Waals surface area contributed by atoms with Crippen molar-refractivity contribution in [1.29, 1.82) is 0 Å². The summed E-state index contributed by atoms with van der Waals surface area (Å²) in [6, 6.07) is 7.05. The molecule has 1 rings (SSSR count). The van der Waals surface area contributed by atoms with Gasteiger partial charge in [-0.25, -0.2) is 0 Å². The van der Waals surface area contributed by atoms with Crippen LogP contribution in [0.3, 0.4) is 0 Å². The van der Waals surface area contributed by atoms with Crippen molar-refractivity contribution in [2.45, 2.75) is 45.2 Å². The van der Waals surface area contributed by atoms with Crippen molar-refractivity contribution in [3.63, 3.8) is 0 Å². The second-order valence-corrected chi connectivity index (χ2v) is 9.77. The number of aliphatic carboxylic acids is 1. The molecule has 0 saturated carbocycles. The summed E-state index contributed by atoms with van der Waals surface area (Å²) in [4.78, 5) is 10.7. The first-order valence-electron chi connectivity index (χ1n) is 6.28. The molecule has 0 bridgehead atoms. The van der Waals surface area contributed by atoms with Gasteiger partial charge >= 0.3 is 5.97 Å². The molecule has 0 aliphatic carbocycles. The molecule has 1 aromatic carbocycles. The first kappa shape index (κ1) is 14.9. The molecular formula is C14H21FO2Si. The van der Waals surface area contributed by atoms with Crippen molar-refractivity contribution in [3.05, 3.63) is 29.8 Å². The summed E-state index contributed by atoms with van der Waals surface area (Å²) in [7, 11) is -3.06. The Morgan fingerprint density at radius 1 is 1.28 bits per heavy atom. The summed E-state index contributed by atoms with van der Waals surface area (Å²) < 4.78 is 15.3. The van der Waals surface area contributed by atoms with Crippen LogP contribution < -0.4 is 5.19 Å². The van der Waals surface area contributed by atoms with Crippen LogP contribution in [-0.2, 0) is 11.2 Å². The molecule has 18 heavy (non-hydrogen) atoms. The molecule has 0 aromatic heterocycles. The predicted octanol–water partition coefficient (Wildman–Crippen LogP) is 3.26. The normalized spacial score (nSPS) is 12.2. The van der Waals surface area contributed by atoms with E-state index in [9.17, 15) is 4.79 Å². The molecule has 4 heteroatoms. The van der Waals surface area contributed by atoms with Gasteiger partial charge in [0.05, 0.1) is 6.42 Å². The van der Waals surface area contributed by atoms with Gasteiger partial charge in [0, 0.05) is 0 Å². The molecule has 0 spiro atoms. The van der Waals surface area contributed by atoms with E-state index < -0.39 is 14.4 Å². The van der Waals surface area contributed by atoms with Gasteiger partial charge in [-0.2, -0.15) is 0 Å². The van der Waals surface area contributed by atoms with Gasteiger partial charge in [-0.1, -0.05) is 52.0 Å². The Bertz CT molecular complexity index is 422. The SMILES string of the molecule is CC(C)[Si]([18F])(c1cccc(CC(=O)O)c1)C(C)C. The number of halogens is 1. The van der Waals surface area contributed by atoms with Gasteiger partial charge in [0.25, 0.3) is 8.41 Å². The lowest BCUT2D eigenvalue weighted by atomic mass is 10.1. The summed E-state index contributed by atoms with van der Waals surface area (Å²) in [6.07, 6.45) is -0.0471. The molecule has 0 radical (unpaired) electrons. The third-order valence-corrected chi connectivity index (χ3v) is 7.96. The van der Waals surface area contributed by atoms with E-state index in [-0.39, 0.29) is 17.5 Å². The molecule has 0 aliphatic heterocycles. The topological polar surface area (TPSA) is 37.3 Å². The summed E-state index contributed by atoms with van der Waals surface area (Å²) in [6.45, 7) is 7.65. The van der Waals surface area contributed by atoms with Crippen molar-refractivity contribution in [2.24, 2.45) is 0 Å². The van der Waals surface area contributed by atoms with E-state index >= 15 is 4.11 Å². The van der Waals surface area contributed by atoms with E-state index in [0.29, 0.717) is 10.8 Å². The molecule has 0 atom stereocenters. The second-order valence-electron chi connectivity index (χ2n) is 5.35. The third-order valence-electron chi connectivity index (χ3n) is 3.41. The third kappa shape index (κ3) is 2.99. The Balaban J connectivity index is 3.18. The summed E-state index contributed by atoms with van der Waals surface area (Å²) >= 11 is 0. The smallest absolute Gasteiger partial charge is 0.307 e. The Morgan fingerprint density at radius 2 is 1.83 bits per heavy atom. The van der Waals surface area contributed by atoms with Crippen LogP contribution in [0.15, 0.2) is 24.3 Å². The molecule has 1 N–H and O–H groups in total. The van der Waals surface area contributed by atoms with Gasteiger partial charge in [0.2, 0.25) is 0 Å². The molecule has 0 saturated heterocycles. The largest absolute Gasteiger partial charge is 0.481 e. The van der Waals surface area contributed by atoms with Crippen molar-refractivity contribution in [1.82, 2.24) is 0 Å². The number of rotatable bonds is 5. The standard InChI is InChI=1S/C14H21FO2Si/c1-10(2)18(15,11(3)4)13-7-5-6-12(8-13)9-14(16)17/h5-8,10-11H,9H2,1-4H3,(H,16,17)/i15-1. The Hall–Kier alpha value is -1.16. The molecule has 0 aliphatic rings. The monoisotopic (exact) mass is 267 g/mol. The van der Waals surface area contributed by atoms with E-state index in [1.807, 2.05) is 27.7 Å². The summed E-state index contributed by atoms with van der Waals surface area (Å²) in [5.41, 5.74) is 0.644. The average molecular weight is 267 g/mol. The molecule has 0 heterocycles. The van der Waals surface area contributed by atoms with Crippen LogP contribution in [0, 0.1) is 0 Å². The molecule has 0 unspecified atom stereocenters. The van der Waals surface area contributed by atoms with Crippen molar-refractivity contribution >= 4 is 19.6 Å². The fourth-order valence-corrected chi connectivity index (χ4v) is 5.85. The maximum absolute atomic E-state index is 15.3. The zero-order valence-corrected chi connectivity index (χ0v) is 12.4. The number of hydrogen-bond acceptors (Lipinski definition) is 1. The number of carboxylic acid groups (broad SMARTS) is 1. The van der Waals surface area contributed by atoms with Gasteiger partial charge < -0.3 is 9.21 Å². The van der Waals surface area contributed by atoms with Crippen molar-refractivity contribution < 1.29 is 14.0 Å². The fourth-order valence-electron chi connectivity index (χ4n) is 2.43. The minimum Gasteiger partial charge on any atom is -0.481 e. The van der Waals surface area contributed by atoms with Crippen molar-refractivity contribution in [3.8, 4) is 0 Å². The van der Waals surface area contributed by atoms with E-state index in [1.54, 1.807) is 24.3 Å². The number of carbonyl (C=O) groups is 1. The van der Waals surface area contributed by atoms with Crippen LogP contribution in [0.2, 0.25) is 11.1 Å². The zero-order chi connectivity index (χ0) is 13.9. The van der Waals surface area contributed by atoms with Gasteiger partial charge in [0.15, 0.2) is 0 Å². The Morgan fingerprint density at radius 3 is 2.28 bits per heavy atom. The second kappa shape index (κ2) is 5.65. The van der Waals surface area contributed by atoms with Crippen LogP contribution in [0.4, 0.5) is 4.11 Å². The average Bonchev–Trinajstić information content (AvgIpc) is 2.26. The van der Waals surface area contributed by atoms with Crippen LogP contribution >= 0.6 is 0 Å². The van der Waals surface area contributed by atoms with E-state index in [1.165, 1.54) is 0 Å². The van der Waals surface area contributed by atoms with Gasteiger partial charge in [-0.3, -0.25) is 4.79 Å². The van der Waals surface area contributed by atoms with Crippen LogP contribution in [0.5, 0.6) is 0 Å². The lowest BCUT2D eigenvalue weighted by Crippen LogP contribution is -2.49. The van der Waals surface area contributed by atoms with Gasteiger partial charge in [0.1, 0.15) is 0 Å². The Kier molecular flexibility index (Phi) is 4.68. The number of hydrogen-bond donors (Lipinski definition) is 1. The quantitative estimate of drug-likeness (QED) is 0.657. The Labute approximate surface area is 109 Å². The minimum absolute atomic E-state index is 0.0161. The highest BCUT2D eigenvalue weighted by molar-refractivity contribution is 6.88. The van der Waals surface area contributed by atoms with Gasteiger partial charge in [-0.05, 0) is 21.8 Å². The number of carboxylic acids is 1. The molecular weight excluding hydrogens is 246 g/mol. The van der Waals surface area contributed by atoms with Crippen molar-refractivity contribution in [2.75, 3.05) is 0 Å². The van der Waals surface area contributed by atoms with Crippen LogP contribution in [0.1, 0.15) is 33.3 Å². The molecule has 0 fully saturated rings. The fraction of sp³-hybridized carbons (Fsp3) is 0.500. The molecule has 0 amide bonds. The summed E-state index contributed by atoms with van der Waals surface area (Å²) in [5.74, 6) is -0.882. The number of benzene rings is 1. The van der Waals surface area contributed by atoms with Crippen LogP contribution in [-0.4, -0.2) is 19.5 Å². The maximum atomic E-state index is 15.3. The van der Waals surface area contributed by atoms with Crippen LogP contribution in [0.25, 0.3) is 0 Å². The first-order chi connectivity index (χ1) is 8.28. The highest BCUT2D eigenvalue weighted by atomic mass is 28.4. The zero-order valence-electron chi connectivity index (χ0n) is 11.4. The molecule has 1 aromatic rings. The van der Waals surface area contributed by atoms with Gasteiger partial charge in [-0.15, -0.1) is 0 Å². The molecule has 2 nitrogen and oxygen atoms in total. The van der Waals surface area contributed by atoms with E-state index in [4.69, 9.17) is 5.11 Å². The lowest BCUT2D eigenvalue weighted by molar-refractivity contribution is -0.136. The first-order valence-corrected chi connectivity index (χ1v) is 8.31. The highest BCUT2D eigenvalue weighted by Gasteiger charge is 2.43. The molecule has 100 valence electrons. The summed E-state index contributed by atoms with van der Waals surface area (Å²) in [5, 5.41) is 9.51. The lowest BCUT2D eigenvalue weighted by Gasteiger charge is -2.31.